The molecule has 0 saturated carbocycles. The Morgan fingerprint density at radius 2 is 1.62 bits per heavy atom. The van der Waals surface area contributed by atoms with Crippen molar-refractivity contribution >= 4 is 70.6 Å². The summed E-state index contributed by atoms with van der Waals surface area (Å²) in [5.74, 6) is 2.45. The fourth-order valence-corrected chi connectivity index (χ4v) is 9.47. The number of allylic oxidation sites excluding steroid dienone is 1. The van der Waals surface area contributed by atoms with Gasteiger partial charge >= 0.3 is 0 Å². The molecule has 3 aliphatic rings. The lowest BCUT2D eigenvalue weighted by atomic mass is 10.7. The fraction of sp³-hybridized carbons (Fsp3) is 0.222. The topological polar surface area (TPSA) is 23.8 Å². The number of hydrogen-bond acceptors (Lipinski definition) is 7. The van der Waals surface area contributed by atoms with E-state index in [1.54, 1.807) is 23.5 Å². The summed E-state index contributed by atoms with van der Waals surface area (Å²) in [4.78, 5) is 0.818. The van der Waals surface area contributed by atoms with E-state index in [1.165, 1.54) is 28.5 Å². The van der Waals surface area contributed by atoms with Crippen molar-refractivity contribution in [3.05, 3.63) is 27.3 Å². The molecule has 0 fully saturated rings. The average molecular weight is 320 g/mol. The molecule has 7 heteroatoms. The molecule has 0 unspecified atom stereocenters. The molecule has 82 valence electrons. The zero-order valence-corrected chi connectivity index (χ0v) is 12.8. The maximum Gasteiger partial charge on any atom is 0.107 e. The van der Waals surface area contributed by atoms with Crippen LogP contribution in [0.15, 0.2) is 27.3 Å². The number of nitrogens with zero attached hydrogens (tertiary/aromatic N) is 1. The highest BCUT2D eigenvalue weighted by atomic mass is 32.3. The number of hydrogen-bond donors (Lipinski definition) is 0. The molecule has 0 aromatic carbocycles. The van der Waals surface area contributed by atoms with Crippen molar-refractivity contribution < 1.29 is 0 Å². The van der Waals surface area contributed by atoms with E-state index in [2.05, 4.69) is 6.07 Å². The van der Waals surface area contributed by atoms with E-state index in [-0.39, 0.29) is 0 Å². The van der Waals surface area contributed by atoms with Gasteiger partial charge in [0.15, 0.2) is 0 Å². The predicted molar refractivity (Wildman–Crippen MR) is 83.0 cm³/mol. The first kappa shape index (κ1) is 11.9. The van der Waals surface area contributed by atoms with Gasteiger partial charge in [0.1, 0.15) is 6.07 Å². The van der Waals surface area contributed by atoms with Gasteiger partial charge in [-0.15, -0.1) is 23.5 Å². The lowest BCUT2D eigenvalue weighted by molar-refractivity contribution is 1.53. The monoisotopic (exact) mass is 319 g/mol. The second-order valence-corrected chi connectivity index (χ2v) is 10.1. The van der Waals surface area contributed by atoms with Crippen molar-refractivity contribution in [1.29, 1.82) is 5.26 Å². The molecule has 0 atom stereocenters. The SMILES string of the molecule is N#CC1=CSC(=C2SC3=C(SCCS3)S2)S1. The fourth-order valence-electron chi connectivity index (χ4n) is 1.20. The summed E-state index contributed by atoms with van der Waals surface area (Å²) >= 11 is 11.0. The third kappa shape index (κ3) is 2.33. The quantitative estimate of drug-likeness (QED) is 0.616. The molecule has 0 radical (unpaired) electrons. The Morgan fingerprint density at radius 3 is 2.19 bits per heavy atom. The van der Waals surface area contributed by atoms with E-state index >= 15 is 0 Å². The standard InChI is InChI=1S/C9H5NS6/c10-3-5-4-13-8(14-5)9-15-6-7(16-9)12-2-1-11-6/h4H,1-2H2. The molecule has 16 heavy (non-hydrogen) atoms. The molecule has 3 heterocycles. The molecule has 0 spiro atoms. The van der Waals surface area contributed by atoms with Crippen molar-refractivity contribution in [3.8, 4) is 6.07 Å². The summed E-state index contributed by atoms with van der Waals surface area (Å²) in [7, 11) is 0. The van der Waals surface area contributed by atoms with Crippen LogP contribution in [0.4, 0.5) is 0 Å². The molecule has 0 amide bonds. The van der Waals surface area contributed by atoms with E-state index in [9.17, 15) is 0 Å². The van der Waals surface area contributed by atoms with E-state index < -0.39 is 0 Å². The molecule has 3 rings (SSSR count). The van der Waals surface area contributed by atoms with Gasteiger partial charge in [-0.05, 0) is 0 Å². The van der Waals surface area contributed by atoms with Gasteiger partial charge in [-0.3, -0.25) is 0 Å². The molecular weight excluding hydrogens is 315 g/mol. The Balaban J connectivity index is 1.77. The van der Waals surface area contributed by atoms with Gasteiger partial charge in [-0.25, -0.2) is 0 Å². The second kappa shape index (κ2) is 5.21. The third-order valence-corrected chi connectivity index (χ3v) is 10.4. The van der Waals surface area contributed by atoms with Crippen LogP contribution in [0.1, 0.15) is 0 Å². The first-order chi connectivity index (χ1) is 7.86. The predicted octanol–water partition coefficient (Wildman–Crippen LogP) is 5.04. The third-order valence-electron chi connectivity index (χ3n) is 1.84. The maximum atomic E-state index is 8.83. The first-order valence-corrected chi connectivity index (χ1v) is 9.71. The zero-order chi connectivity index (χ0) is 11.0. The number of thioether (sulfide) groups is 6. The normalized spacial score (nSPS) is 24.6. The van der Waals surface area contributed by atoms with Crippen LogP contribution in [0, 0.1) is 11.3 Å². The molecule has 0 aromatic rings. The highest BCUT2D eigenvalue weighted by Crippen LogP contribution is 2.63. The van der Waals surface area contributed by atoms with Crippen molar-refractivity contribution in [2.24, 2.45) is 0 Å². The Hall–Kier alpha value is 0.810. The van der Waals surface area contributed by atoms with E-state index in [0.717, 1.165) is 4.91 Å². The molecule has 1 nitrogen and oxygen atoms in total. The van der Waals surface area contributed by atoms with Crippen LogP contribution in [0.3, 0.4) is 0 Å². The summed E-state index contributed by atoms with van der Waals surface area (Å²) in [5.41, 5.74) is 0. The van der Waals surface area contributed by atoms with Crippen molar-refractivity contribution in [1.82, 2.24) is 0 Å². The Labute approximate surface area is 120 Å². The summed E-state index contributed by atoms with van der Waals surface area (Å²) in [6, 6.07) is 2.21. The summed E-state index contributed by atoms with van der Waals surface area (Å²) in [6.45, 7) is 0. The van der Waals surface area contributed by atoms with Crippen molar-refractivity contribution in [3.63, 3.8) is 0 Å². The van der Waals surface area contributed by atoms with Gasteiger partial charge in [0.25, 0.3) is 0 Å². The van der Waals surface area contributed by atoms with Crippen LogP contribution in [0.2, 0.25) is 0 Å². The van der Waals surface area contributed by atoms with Gasteiger partial charge in [-0.2, -0.15) is 5.26 Å². The van der Waals surface area contributed by atoms with Crippen LogP contribution in [-0.2, 0) is 0 Å². The maximum absolute atomic E-state index is 8.83. The summed E-state index contributed by atoms with van der Waals surface area (Å²) < 4.78 is 5.58. The van der Waals surface area contributed by atoms with E-state index in [1.807, 2.05) is 52.5 Å². The van der Waals surface area contributed by atoms with Gasteiger partial charge < -0.3 is 0 Å². The van der Waals surface area contributed by atoms with Crippen molar-refractivity contribution in [2.45, 2.75) is 0 Å². The average Bonchev–Trinajstić information content (AvgIpc) is 2.95. The Bertz CT molecular complexity index is 449. The smallest absolute Gasteiger partial charge is 0.107 e. The molecule has 0 aromatic heterocycles. The molecule has 0 aliphatic carbocycles. The summed E-state index contributed by atoms with van der Waals surface area (Å²) in [5, 5.41) is 10.8. The highest BCUT2D eigenvalue weighted by Gasteiger charge is 2.29. The Morgan fingerprint density at radius 1 is 0.938 bits per heavy atom. The number of rotatable bonds is 0. The minimum absolute atomic E-state index is 0.818. The minimum atomic E-state index is 0.818. The molecule has 0 saturated heterocycles. The molecular formula is C9H5NS6. The minimum Gasteiger partial charge on any atom is -0.192 e. The number of nitriles is 1. The second-order valence-electron chi connectivity index (χ2n) is 2.86. The van der Waals surface area contributed by atoms with Crippen LogP contribution < -0.4 is 0 Å². The van der Waals surface area contributed by atoms with Crippen LogP contribution in [0.5, 0.6) is 0 Å². The molecule has 3 aliphatic heterocycles. The Kier molecular flexibility index (Phi) is 3.86. The summed E-state index contributed by atoms with van der Waals surface area (Å²) in [6.07, 6.45) is 0. The van der Waals surface area contributed by atoms with E-state index in [4.69, 9.17) is 5.26 Å². The lowest BCUT2D eigenvalue weighted by Crippen LogP contribution is -1.88. The largest absolute Gasteiger partial charge is 0.192 e. The van der Waals surface area contributed by atoms with Crippen molar-refractivity contribution in [2.75, 3.05) is 11.5 Å². The van der Waals surface area contributed by atoms with Gasteiger partial charge in [0.05, 0.1) is 21.9 Å². The molecule has 0 N–H and O–H groups in total. The van der Waals surface area contributed by atoms with Gasteiger partial charge in [0.2, 0.25) is 0 Å². The van der Waals surface area contributed by atoms with E-state index in [0.29, 0.717) is 0 Å². The van der Waals surface area contributed by atoms with Crippen LogP contribution in [-0.4, -0.2) is 11.5 Å². The van der Waals surface area contributed by atoms with Gasteiger partial charge in [0, 0.05) is 16.9 Å². The molecule has 0 bridgehead atoms. The lowest BCUT2D eigenvalue weighted by Gasteiger charge is -2.08. The zero-order valence-electron chi connectivity index (χ0n) is 7.89. The highest BCUT2D eigenvalue weighted by molar-refractivity contribution is 8.43. The van der Waals surface area contributed by atoms with Crippen LogP contribution in [0.25, 0.3) is 0 Å². The van der Waals surface area contributed by atoms with Gasteiger partial charge in [-0.1, -0.05) is 47.0 Å². The van der Waals surface area contributed by atoms with Crippen LogP contribution >= 0.6 is 70.6 Å². The first-order valence-electron chi connectivity index (χ1n) is 4.41.